The summed E-state index contributed by atoms with van der Waals surface area (Å²) >= 11 is 0. The molecule has 0 aromatic heterocycles. The Balaban J connectivity index is 1.45. The van der Waals surface area contributed by atoms with E-state index in [1.54, 1.807) is 0 Å². The normalized spacial score (nSPS) is 22.3. The van der Waals surface area contributed by atoms with Crippen molar-refractivity contribution < 1.29 is 14.6 Å². The molecule has 1 atom stereocenters. The molecule has 3 rings (SSSR count). The van der Waals surface area contributed by atoms with Crippen molar-refractivity contribution in [3.8, 4) is 11.5 Å². The first-order valence-electron chi connectivity index (χ1n) is 7.13. The molecule has 4 nitrogen and oxygen atoms in total. The van der Waals surface area contributed by atoms with Gasteiger partial charge in [-0.3, -0.25) is 0 Å². The maximum Gasteiger partial charge on any atom is 0.129 e. The van der Waals surface area contributed by atoms with Crippen molar-refractivity contribution in [2.45, 2.75) is 25.4 Å². The van der Waals surface area contributed by atoms with Gasteiger partial charge in [-0.1, -0.05) is 0 Å². The van der Waals surface area contributed by atoms with Crippen molar-refractivity contribution in [1.82, 2.24) is 4.90 Å². The highest BCUT2D eigenvalue weighted by molar-refractivity contribution is 5.44. The van der Waals surface area contributed by atoms with Gasteiger partial charge >= 0.3 is 0 Å². The van der Waals surface area contributed by atoms with Gasteiger partial charge in [0.05, 0.1) is 6.61 Å². The van der Waals surface area contributed by atoms with Crippen LogP contribution < -0.4 is 9.47 Å². The van der Waals surface area contributed by atoms with Gasteiger partial charge in [0, 0.05) is 18.2 Å². The molecule has 2 aliphatic heterocycles. The fourth-order valence-corrected chi connectivity index (χ4v) is 2.75. The molecule has 0 radical (unpaired) electrons. The monoisotopic (exact) mass is 263 g/mol. The Morgan fingerprint density at radius 3 is 3.00 bits per heavy atom. The van der Waals surface area contributed by atoms with E-state index in [9.17, 15) is 5.11 Å². The summed E-state index contributed by atoms with van der Waals surface area (Å²) in [6, 6.07) is 5.68. The number of ether oxygens (including phenoxy) is 2. The molecule has 1 aromatic rings. The number of nitrogens with zero attached hydrogens (tertiary/aromatic N) is 1. The van der Waals surface area contributed by atoms with E-state index in [2.05, 4.69) is 4.90 Å². The van der Waals surface area contributed by atoms with Crippen LogP contribution in [0.15, 0.2) is 18.2 Å². The summed E-state index contributed by atoms with van der Waals surface area (Å²) in [5.41, 5.74) is 0.865. The Hall–Kier alpha value is -1.26. The average Bonchev–Trinajstić information content (AvgIpc) is 3.05. The summed E-state index contributed by atoms with van der Waals surface area (Å²) in [7, 11) is 0. The lowest BCUT2D eigenvalue weighted by atomic mass is 10.1. The fraction of sp³-hybridized carbons (Fsp3) is 0.600. The maximum atomic E-state index is 9.64. The number of benzene rings is 1. The van der Waals surface area contributed by atoms with Crippen LogP contribution in [0.4, 0.5) is 0 Å². The number of fused-ring (bicyclic) bond motifs is 1. The highest BCUT2D eigenvalue weighted by atomic mass is 16.5. The molecule has 19 heavy (non-hydrogen) atoms. The number of rotatable bonds is 5. The molecule has 1 unspecified atom stereocenters. The second kappa shape index (κ2) is 5.80. The van der Waals surface area contributed by atoms with Gasteiger partial charge < -0.3 is 19.5 Å². The van der Waals surface area contributed by atoms with Crippen LogP contribution in [0.25, 0.3) is 0 Å². The Morgan fingerprint density at radius 2 is 2.16 bits per heavy atom. The fourth-order valence-electron chi connectivity index (χ4n) is 2.75. The highest BCUT2D eigenvalue weighted by Crippen LogP contribution is 2.35. The summed E-state index contributed by atoms with van der Waals surface area (Å²) in [4.78, 5) is 2.49. The minimum atomic E-state index is -0.487. The van der Waals surface area contributed by atoms with Gasteiger partial charge in [-0.2, -0.15) is 0 Å². The lowest BCUT2D eigenvalue weighted by molar-refractivity contribution is 0.140. The molecule has 1 N–H and O–H groups in total. The van der Waals surface area contributed by atoms with E-state index in [1.165, 1.54) is 25.9 Å². The molecule has 2 aliphatic rings. The first kappa shape index (κ1) is 12.8. The number of hydrogen-bond acceptors (Lipinski definition) is 4. The van der Waals surface area contributed by atoms with E-state index < -0.39 is 6.10 Å². The molecule has 0 aliphatic carbocycles. The van der Waals surface area contributed by atoms with E-state index in [4.69, 9.17) is 9.47 Å². The van der Waals surface area contributed by atoms with E-state index in [0.29, 0.717) is 6.61 Å². The molecule has 1 fully saturated rings. The van der Waals surface area contributed by atoms with E-state index in [1.807, 2.05) is 18.2 Å². The molecule has 0 spiro atoms. The molecule has 1 aromatic carbocycles. The summed E-state index contributed by atoms with van der Waals surface area (Å²) in [5.74, 6) is 1.58. The van der Waals surface area contributed by atoms with Gasteiger partial charge in [0.25, 0.3) is 0 Å². The molecule has 104 valence electrons. The van der Waals surface area contributed by atoms with Crippen LogP contribution in [-0.4, -0.2) is 42.9 Å². The largest absolute Gasteiger partial charge is 0.493 e. The number of aliphatic hydroxyl groups excluding tert-OH is 1. The van der Waals surface area contributed by atoms with Crippen LogP contribution in [0.5, 0.6) is 11.5 Å². The van der Waals surface area contributed by atoms with Crippen molar-refractivity contribution in [2.75, 3.05) is 32.8 Å². The first-order valence-corrected chi connectivity index (χ1v) is 7.13. The molecular formula is C15H21NO3. The molecular weight excluding hydrogens is 242 g/mol. The third kappa shape index (κ3) is 3.01. The standard InChI is InChI=1S/C15H21NO3/c17-14-11-19-15-10-12(4-5-13(14)15)18-9-3-8-16-6-1-2-7-16/h4-5,10,14,17H,1-3,6-9,11H2. The predicted octanol–water partition coefficient (Wildman–Crippen LogP) is 1.98. The zero-order valence-electron chi connectivity index (χ0n) is 11.2. The number of likely N-dealkylation sites (tertiary alicyclic amines) is 1. The van der Waals surface area contributed by atoms with Gasteiger partial charge in [0.2, 0.25) is 0 Å². The van der Waals surface area contributed by atoms with Crippen LogP contribution in [-0.2, 0) is 0 Å². The van der Waals surface area contributed by atoms with Crippen molar-refractivity contribution in [3.63, 3.8) is 0 Å². The van der Waals surface area contributed by atoms with Crippen LogP contribution in [0.1, 0.15) is 30.9 Å². The average molecular weight is 263 g/mol. The van der Waals surface area contributed by atoms with Gasteiger partial charge in [0.1, 0.15) is 24.2 Å². The van der Waals surface area contributed by atoms with Gasteiger partial charge in [-0.05, 0) is 44.5 Å². The molecule has 2 heterocycles. The Labute approximate surface area is 113 Å². The third-order valence-electron chi connectivity index (χ3n) is 3.83. The summed E-state index contributed by atoms with van der Waals surface area (Å²) in [6.07, 6.45) is 3.25. The van der Waals surface area contributed by atoms with Crippen LogP contribution in [0.2, 0.25) is 0 Å². The molecule has 0 bridgehead atoms. The van der Waals surface area contributed by atoms with E-state index in [0.717, 1.165) is 36.6 Å². The topological polar surface area (TPSA) is 41.9 Å². The van der Waals surface area contributed by atoms with E-state index >= 15 is 0 Å². The summed E-state index contributed by atoms with van der Waals surface area (Å²) in [5, 5.41) is 9.64. The van der Waals surface area contributed by atoms with Crippen LogP contribution in [0, 0.1) is 0 Å². The van der Waals surface area contributed by atoms with Gasteiger partial charge in [-0.15, -0.1) is 0 Å². The Kier molecular flexibility index (Phi) is 3.89. The quantitative estimate of drug-likeness (QED) is 0.825. The minimum Gasteiger partial charge on any atom is -0.493 e. The minimum absolute atomic E-state index is 0.355. The van der Waals surface area contributed by atoms with Crippen molar-refractivity contribution in [1.29, 1.82) is 0 Å². The highest BCUT2D eigenvalue weighted by Gasteiger charge is 2.22. The van der Waals surface area contributed by atoms with Crippen molar-refractivity contribution >= 4 is 0 Å². The molecule has 0 saturated carbocycles. The van der Waals surface area contributed by atoms with Crippen LogP contribution in [0.3, 0.4) is 0 Å². The predicted molar refractivity (Wildman–Crippen MR) is 72.7 cm³/mol. The second-order valence-corrected chi connectivity index (χ2v) is 5.28. The third-order valence-corrected chi connectivity index (χ3v) is 3.83. The second-order valence-electron chi connectivity index (χ2n) is 5.28. The summed E-state index contributed by atoms with van der Waals surface area (Å²) < 4.78 is 11.1. The van der Waals surface area contributed by atoms with Crippen molar-refractivity contribution in [2.24, 2.45) is 0 Å². The molecule has 1 saturated heterocycles. The zero-order chi connectivity index (χ0) is 13.1. The number of aliphatic hydroxyl groups is 1. The van der Waals surface area contributed by atoms with Crippen LogP contribution >= 0.6 is 0 Å². The lowest BCUT2D eigenvalue weighted by Gasteiger charge is -2.14. The van der Waals surface area contributed by atoms with E-state index in [-0.39, 0.29) is 0 Å². The Morgan fingerprint density at radius 1 is 1.32 bits per heavy atom. The Bertz CT molecular complexity index is 429. The first-order chi connectivity index (χ1) is 9.33. The number of hydrogen-bond donors (Lipinski definition) is 1. The lowest BCUT2D eigenvalue weighted by Crippen LogP contribution is -2.21. The molecule has 4 heteroatoms. The van der Waals surface area contributed by atoms with Crippen molar-refractivity contribution in [3.05, 3.63) is 23.8 Å². The zero-order valence-corrected chi connectivity index (χ0v) is 11.2. The van der Waals surface area contributed by atoms with Gasteiger partial charge in [-0.25, -0.2) is 0 Å². The summed E-state index contributed by atoms with van der Waals surface area (Å²) in [6.45, 7) is 4.70. The maximum absolute atomic E-state index is 9.64. The molecule has 0 amide bonds. The smallest absolute Gasteiger partial charge is 0.129 e. The SMILES string of the molecule is OC1COc2cc(OCCCN3CCCC3)ccc21. The van der Waals surface area contributed by atoms with Gasteiger partial charge in [0.15, 0.2) is 0 Å².